The minimum Gasteiger partial charge on any atom is -0.481 e. The van der Waals surface area contributed by atoms with Gasteiger partial charge in [-0.15, -0.1) is 0 Å². The summed E-state index contributed by atoms with van der Waals surface area (Å²) < 4.78 is 0. The van der Waals surface area contributed by atoms with E-state index in [9.17, 15) is 4.79 Å². The predicted octanol–water partition coefficient (Wildman–Crippen LogP) is 1.05. The summed E-state index contributed by atoms with van der Waals surface area (Å²) in [5.41, 5.74) is 0.771. The van der Waals surface area contributed by atoms with Crippen molar-refractivity contribution < 1.29 is 9.90 Å². The molecule has 12 heavy (non-hydrogen) atoms. The molecule has 1 rings (SSSR count). The first kappa shape index (κ1) is 8.64. The summed E-state index contributed by atoms with van der Waals surface area (Å²) in [7, 11) is 0. The molecule has 1 atom stereocenters. The monoisotopic (exact) mass is 166 g/mol. The first-order valence-corrected chi connectivity index (χ1v) is 3.68. The van der Waals surface area contributed by atoms with E-state index in [1.807, 2.05) is 6.92 Å². The number of carbonyl (C=O) groups is 1. The summed E-state index contributed by atoms with van der Waals surface area (Å²) in [6.07, 6.45) is 3.14. The number of carboxylic acids is 1. The number of aliphatic carboxylic acids is 1. The van der Waals surface area contributed by atoms with Gasteiger partial charge in [-0.1, -0.05) is 6.92 Å². The van der Waals surface area contributed by atoms with Crippen molar-refractivity contribution in [2.24, 2.45) is 0 Å². The Morgan fingerprint density at radius 2 is 2.50 bits per heavy atom. The third-order valence-corrected chi connectivity index (χ3v) is 1.59. The molecular formula is C8H10N2O2. The largest absolute Gasteiger partial charge is 0.481 e. The zero-order valence-corrected chi connectivity index (χ0v) is 6.77. The Balaban J connectivity index is 2.65. The second-order valence-corrected chi connectivity index (χ2v) is 2.63. The lowest BCUT2D eigenvalue weighted by Crippen LogP contribution is -2.04. The van der Waals surface area contributed by atoms with Gasteiger partial charge in [-0.2, -0.15) is 0 Å². The highest BCUT2D eigenvalue weighted by Gasteiger charge is 2.10. The van der Waals surface area contributed by atoms with Crippen molar-refractivity contribution in [2.75, 3.05) is 0 Å². The molecule has 0 fully saturated rings. The van der Waals surface area contributed by atoms with Crippen LogP contribution in [0.5, 0.6) is 0 Å². The van der Waals surface area contributed by atoms with Crippen LogP contribution in [-0.2, 0) is 4.79 Å². The maximum atomic E-state index is 10.3. The van der Waals surface area contributed by atoms with Crippen LogP contribution in [0.1, 0.15) is 25.0 Å². The van der Waals surface area contributed by atoms with E-state index in [2.05, 4.69) is 9.97 Å². The van der Waals surface area contributed by atoms with Crippen LogP contribution in [0.25, 0.3) is 0 Å². The fraction of sp³-hybridized carbons (Fsp3) is 0.375. The van der Waals surface area contributed by atoms with E-state index in [0.717, 1.165) is 5.69 Å². The summed E-state index contributed by atoms with van der Waals surface area (Å²) >= 11 is 0. The van der Waals surface area contributed by atoms with Crippen LogP contribution in [0.2, 0.25) is 0 Å². The molecule has 64 valence electrons. The van der Waals surface area contributed by atoms with Crippen molar-refractivity contribution in [1.29, 1.82) is 0 Å². The maximum absolute atomic E-state index is 10.3. The average Bonchev–Trinajstić information content (AvgIpc) is 2.05. The molecule has 0 saturated carbocycles. The van der Waals surface area contributed by atoms with Gasteiger partial charge in [0.1, 0.15) is 6.33 Å². The first-order valence-electron chi connectivity index (χ1n) is 3.68. The van der Waals surface area contributed by atoms with Gasteiger partial charge in [0.25, 0.3) is 0 Å². The van der Waals surface area contributed by atoms with Crippen molar-refractivity contribution in [2.45, 2.75) is 19.3 Å². The van der Waals surface area contributed by atoms with Gasteiger partial charge in [0.2, 0.25) is 0 Å². The first-order chi connectivity index (χ1) is 5.70. The molecule has 1 aromatic rings. The standard InChI is InChI=1S/C8H10N2O2/c1-6(4-8(11)12)7-2-3-9-5-10-7/h2-3,5-6H,4H2,1H3,(H,11,12). The van der Waals surface area contributed by atoms with Gasteiger partial charge in [0, 0.05) is 17.8 Å². The van der Waals surface area contributed by atoms with Crippen LogP contribution < -0.4 is 0 Å². The van der Waals surface area contributed by atoms with Crippen LogP contribution >= 0.6 is 0 Å². The van der Waals surface area contributed by atoms with Crippen molar-refractivity contribution in [3.05, 3.63) is 24.3 Å². The van der Waals surface area contributed by atoms with Crippen LogP contribution in [0.3, 0.4) is 0 Å². The lowest BCUT2D eigenvalue weighted by molar-refractivity contribution is -0.137. The van der Waals surface area contributed by atoms with Gasteiger partial charge in [-0.05, 0) is 6.07 Å². The van der Waals surface area contributed by atoms with Crippen molar-refractivity contribution in [3.8, 4) is 0 Å². The van der Waals surface area contributed by atoms with E-state index < -0.39 is 5.97 Å². The fourth-order valence-electron chi connectivity index (χ4n) is 0.959. The molecule has 0 spiro atoms. The van der Waals surface area contributed by atoms with Gasteiger partial charge >= 0.3 is 5.97 Å². The molecule has 1 aromatic heterocycles. The maximum Gasteiger partial charge on any atom is 0.304 e. The van der Waals surface area contributed by atoms with Gasteiger partial charge in [0.05, 0.1) is 6.42 Å². The summed E-state index contributed by atoms with van der Waals surface area (Å²) in [6.45, 7) is 1.83. The Morgan fingerprint density at radius 1 is 1.75 bits per heavy atom. The lowest BCUT2D eigenvalue weighted by atomic mass is 10.0. The minimum atomic E-state index is -0.805. The highest BCUT2D eigenvalue weighted by molar-refractivity contribution is 5.67. The number of carboxylic acid groups (broad SMARTS) is 1. The van der Waals surface area contributed by atoms with Gasteiger partial charge in [0.15, 0.2) is 0 Å². The van der Waals surface area contributed by atoms with E-state index in [4.69, 9.17) is 5.11 Å². The molecule has 1 unspecified atom stereocenters. The zero-order valence-electron chi connectivity index (χ0n) is 6.77. The third kappa shape index (κ3) is 2.30. The Morgan fingerprint density at radius 3 is 3.00 bits per heavy atom. The summed E-state index contributed by atoms with van der Waals surface area (Å²) in [6, 6.07) is 1.73. The quantitative estimate of drug-likeness (QED) is 0.729. The molecule has 0 radical (unpaired) electrons. The van der Waals surface area contributed by atoms with Crippen molar-refractivity contribution in [3.63, 3.8) is 0 Å². The normalized spacial score (nSPS) is 12.4. The highest BCUT2D eigenvalue weighted by atomic mass is 16.4. The van der Waals surface area contributed by atoms with Crippen LogP contribution in [0, 0.1) is 0 Å². The molecule has 0 aliphatic heterocycles. The number of rotatable bonds is 3. The smallest absolute Gasteiger partial charge is 0.304 e. The Hall–Kier alpha value is -1.45. The molecule has 0 amide bonds. The van der Waals surface area contributed by atoms with Crippen LogP contribution in [-0.4, -0.2) is 21.0 Å². The minimum absolute atomic E-state index is 0.0505. The molecule has 0 bridgehead atoms. The van der Waals surface area contributed by atoms with E-state index >= 15 is 0 Å². The van der Waals surface area contributed by atoms with Crippen molar-refractivity contribution >= 4 is 5.97 Å². The summed E-state index contributed by atoms with van der Waals surface area (Å²) in [4.78, 5) is 18.0. The highest BCUT2D eigenvalue weighted by Crippen LogP contribution is 2.14. The average molecular weight is 166 g/mol. The molecule has 0 aliphatic rings. The molecular weight excluding hydrogens is 156 g/mol. The number of aromatic nitrogens is 2. The number of hydrogen-bond donors (Lipinski definition) is 1. The summed E-state index contributed by atoms with van der Waals surface area (Å²) in [5.74, 6) is -0.855. The van der Waals surface area contributed by atoms with Gasteiger partial charge < -0.3 is 5.11 Å². The van der Waals surface area contributed by atoms with Crippen LogP contribution in [0.4, 0.5) is 0 Å². The van der Waals surface area contributed by atoms with E-state index in [1.54, 1.807) is 12.3 Å². The number of hydrogen-bond acceptors (Lipinski definition) is 3. The van der Waals surface area contributed by atoms with E-state index in [-0.39, 0.29) is 12.3 Å². The molecule has 4 heteroatoms. The topological polar surface area (TPSA) is 63.1 Å². The molecule has 0 aliphatic carbocycles. The zero-order chi connectivity index (χ0) is 8.97. The second-order valence-electron chi connectivity index (χ2n) is 2.63. The van der Waals surface area contributed by atoms with Gasteiger partial charge in [-0.25, -0.2) is 9.97 Å². The second kappa shape index (κ2) is 3.80. The summed E-state index contributed by atoms with van der Waals surface area (Å²) in [5, 5.41) is 8.50. The molecule has 1 heterocycles. The molecule has 1 N–H and O–H groups in total. The number of nitrogens with zero attached hydrogens (tertiary/aromatic N) is 2. The Kier molecular flexibility index (Phi) is 2.74. The predicted molar refractivity (Wildman–Crippen MR) is 42.7 cm³/mol. The van der Waals surface area contributed by atoms with E-state index in [0.29, 0.717) is 0 Å². The van der Waals surface area contributed by atoms with Crippen molar-refractivity contribution in [1.82, 2.24) is 9.97 Å². The molecule has 0 saturated heterocycles. The van der Waals surface area contributed by atoms with Gasteiger partial charge in [-0.3, -0.25) is 4.79 Å². The molecule has 0 aromatic carbocycles. The Bertz CT molecular complexity index is 261. The van der Waals surface area contributed by atoms with Crippen LogP contribution in [0.15, 0.2) is 18.6 Å². The molecule has 4 nitrogen and oxygen atoms in total. The Labute approximate surface area is 70.3 Å². The fourth-order valence-corrected chi connectivity index (χ4v) is 0.959. The SMILES string of the molecule is CC(CC(=O)O)c1ccncn1. The lowest BCUT2D eigenvalue weighted by Gasteiger charge is -2.05. The third-order valence-electron chi connectivity index (χ3n) is 1.59. The van der Waals surface area contributed by atoms with E-state index in [1.165, 1.54) is 6.33 Å².